The molecular formula is C15H16N4O2S2. The van der Waals surface area contributed by atoms with E-state index < -0.39 is 5.54 Å². The average molecular weight is 348 g/mol. The molecule has 0 aromatic carbocycles. The number of rotatable bonds is 4. The molecule has 3 heterocycles. The number of carbonyl (C=O) groups is 1. The summed E-state index contributed by atoms with van der Waals surface area (Å²) in [6.07, 6.45) is 0. The van der Waals surface area contributed by atoms with Gasteiger partial charge in [-0.3, -0.25) is 4.79 Å². The third-order valence-corrected chi connectivity index (χ3v) is 5.38. The second-order valence-electron chi connectivity index (χ2n) is 5.64. The smallest absolute Gasteiger partial charge is 0.270 e. The van der Waals surface area contributed by atoms with Crippen molar-refractivity contribution in [1.82, 2.24) is 20.4 Å². The first-order valence-electron chi connectivity index (χ1n) is 7.01. The maximum absolute atomic E-state index is 11.3. The summed E-state index contributed by atoms with van der Waals surface area (Å²) in [6.45, 7) is 7.05. The van der Waals surface area contributed by atoms with Crippen LogP contribution in [0.1, 0.15) is 32.3 Å². The molecule has 1 amide bonds. The minimum Gasteiger partial charge on any atom is -0.344 e. The number of aromatic nitrogens is 3. The van der Waals surface area contributed by atoms with Gasteiger partial charge < -0.3 is 9.84 Å². The summed E-state index contributed by atoms with van der Waals surface area (Å²) in [7, 11) is 0. The van der Waals surface area contributed by atoms with Crippen LogP contribution in [0.3, 0.4) is 0 Å². The van der Waals surface area contributed by atoms with Gasteiger partial charge in [-0.2, -0.15) is 4.98 Å². The number of nitrogens with one attached hydrogen (secondary N) is 1. The van der Waals surface area contributed by atoms with Gasteiger partial charge in [0.25, 0.3) is 5.89 Å². The van der Waals surface area contributed by atoms with E-state index in [9.17, 15) is 4.79 Å². The Hall–Kier alpha value is -2.06. The molecule has 120 valence electrons. The molecule has 0 atom stereocenters. The predicted molar refractivity (Wildman–Crippen MR) is 90.3 cm³/mol. The summed E-state index contributed by atoms with van der Waals surface area (Å²) in [6, 6.07) is 4.03. The zero-order valence-corrected chi connectivity index (χ0v) is 14.8. The first-order chi connectivity index (χ1) is 10.9. The molecule has 0 aliphatic heterocycles. The Balaban J connectivity index is 1.93. The number of hydrogen-bond acceptors (Lipinski definition) is 7. The average Bonchev–Trinajstić information content (AvgIpc) is 3.17. The van der Waals surface area contributed by atoms with Crippen molar-refractivity contribution in [3.05, 3.63) is 29.0 Å². The minimum absolute atomic E-state index is 0.143. The van der Waals surface area contributed by atoms with Crippen LogP contribution in [0.15, 0.2) is 22.0 Å². The maximum atomic E-state index is 11.3. The molecule has 0 aliphatic rings. The summed E-state index contributed by atoms with van der Waals surface area (Å²) >= 11 is 3.17. The molecule has 3 aromatic rings. The maximum Gasteiger partial charge on any atom is 0.270 e. The Bertz CT molecular complexity index is 834. The second-order valence-corrected chi connectivity index (χ2v) is 7.59. The molecule has 8 heteroatoms. The van der Waals surface area contributed by atoms with Crippen molar-refractivity contribution < 1.29 is 9.32 Å². The lowest BCUT2D eigenvalue weighted by Crippen LogP contribution is -2.40. The lowest BCUT2D eigenvalue weighted by atomic mass is 10.1. The number of amides is 1. The fourth-order valence-corrected chi connectivity index (χ4v) is 3.95. The largest absolute Gasteiger partial charge is 0.344 e. The van der Waals surface area contributed by atoms with Gasteiger partial charge >= 0.3 is 0 Å². The van der Waals surface area contributed by atoms with Crippen LogP contribution in [0, 0.1) is 6.92 Å². The van der Waals surface area contributed by atoms with Crippen LogP contribution in [0.4, 0.5) is 0 Å². The number of hydrogen-bond donors (Lipinski definition) is 1. The molecule has 0 saturated heterocycles. The molecule has 0 bridgehead atoms. The molecule has 3 rings (SSSR count). The summed E-state index contributed by atoms with van der Waals surface area (Å²) in [5, 5.41) is 9.78. The highest BCUT2D eigenvalue weighted by atomic mass is 32.1. The lowest BCUT2D eigenvalue weighted by molar-refractivity contribution is -0.120. The molecule has 0 spiro atoms. The van der Waals surface area contributed by atoms with Crippen molar-refractivity contribution in [3.63, 3.8) is 0 Å². The van der Waals surface area contributed by atoms with E-state index in [1.807, 2.05) is 38.3 Å². The van der Waals surface area contributed by atoms with Crippen LogP contribution in [-0.4, -0.2) is 21.0 Å². The van der Waals surface area contributed by atoms with Gasteiger partial charge in [0.2, 0.25) is 5.91 Å². The van der Waals surface area contributed by atoms with Gasteiger partial charge in [0.05, 0.1) is 16.1 Å². The third-order valence-electron chi connectivity index (χ3n) is 3.20. The molecule has 1 N–H and O–H groups in total. The van der Waals surface area contributed by atoms with Crippen LogP contribution in [0.2, 0.25) is 0 Å². The van der Waals surface area contributed by atoms with E-state index in [0.29, 0.717) is 11.7 Å². The van der Waals surface area contributed by atoms with Gasteiger partial charge in [-0.05, 0) is 32.2 Å². The van der Waals surface area contributed by atoms with E-state index in [4.69, 9.17) is 4.52 Å². The van der Waals surface area contributed by atoms with Crippen LogP contribution in [-0.2, 0) is 10.3 Å². The van der Waals surface area contributed by atoms with Crippen molar-refractivity contribution in [2.45, 2.75) is 33.2 Å². The summed E-state index contributed by atoms with van der Waals surface area (Å²) in [5.41, 5.74) is 0.161. The molecule has 23 heavy (non-hydrogen) atoms. The van der Waals surface area contributed by atoms with Gasteiger partial charge in [0.1, 0.15) is 9.88 Å². The fourth-order valence-electron chi connectivity index (χ4n) is 2.17. The van der Waals surface area contributed by atoms with E-state index in [0.717, 1.165) is 20.5 Å². The van der Waals surface area contributed by atoms with Crippen LogP contribution >= 0.6 is 22.7 Å². The Labute approximate surface area is 141 Å². The van der Waals surface area contributed by atoms with Gasteiger partial charge in [-0.1, -0.05) is 11.2 Å². The standard InChI is InChI=1S/C15H16N4O2S2/c1-8-11(23-13(16-8)10-6-5-7-22-10)12-17-14(19-21-12)15(3,4)18-9(2)20/h5-7H,1-4H3,(H,18,20). The summed E-state index contributed by atoms with van der Waals surface area (Å²) in [5.74, 6) is 0.722. The van der Waals surface area contributed by atoms with Gasteiger partial charge in [-0.25, -0.2) is 4.98 Å². The molecular weight excluding hydrogens is 332 g/mol. The molecule has 0 fully saturated rings. The molecule has 0 unspecified atom stereocenters. The third kappa shape index (κ3) is 3.18. The van der Waals surface area contributed by atoms with Gasteiger partial charge in [-0.15, -0.1) is 22.7 Å². The molecule has 3 aromatic heterocycles. The minimum atomic E-state index is -0.692. The molecule has 6 nitrogen and oxygen atoms in total. The number of nitrogens with zero attached hydrogens (tertiary/aromatic N) is 3. The van der Waals surface area contributed by atoms with Crippen LogP contribution in [0.5, 0.6) is 0 Å². The van der Waals surface area contributed by atoms with E-state index >= 15 is 0 Å². The molecule has 0 aliphatic carbocycles. The summed E-state index contributed by atoms with van der Waals surface area (Å²) < 4.78 is 5.39. The van der Waals surface area contributed by atoms with Crippen molar-refractivity contribution in [1.29, 1.82) is 0 Å². The van der Waals surface area contributed by atoms with E-state index in [2.05, 4.69) is 20.4 Å². The second kappa shape index (κ2) is 5.86. The van der Waals surface area contributed by atoms with E-state index in [1.54, 1.807) is 11.3 Å². The van der Waals surface area contributed by atoms with Gasteiger partial charge in [0, 0.05) is 6.92 Å². The first kappa shape index (κ1) is 15.8. The number of carbonyl (C=O) groups excluding carboxylic acids is 1. The fraction of sp³-hybridized carbons (Fsp3) is 0.333. The SMILES string of the molecule is CC(=O)NC(C)(C)c1noc(-c2sc(-c3cccs3)nc2C)n1. The predicted octanol–water partition coefficient (Wildman–Crippen LogP) is 3.60. The highest BCUT2D eigenvalue weighted by Gasteiger charge is 2.28. The van der Waals surface area contributed by atoms with Gasteiger partial charge in [0.15, 0.2) is 5.82 Å². The Morgan fingerprint density at radius 3 is 2.78 bits per heavy atom. The molecule has 0 radical (unpaired) electrons. The zero-order valence-electron chi connectivity index (χ0n) is 13.2. The summed E-state index contributed by atoms with van der Waals surface area (Å²) in [4.78, 5) is 22.3. The van der Waals surface area contributed by atoms with Crippen molar-refractivity contribution in [2.24, 2.45) is 0 Å². The van der Waals surface area contributed by atoms with Crippen LogP contribution in [0.25, 0.3) is 20.7 Å². The number of aryl methyl sites for hydroxylation is 1. The van der Waals surface area contributed by atoms with E-state index in [1.165, 1.54) is 18.3 Å². The Kier molecular flexibility index (Phi) is 4.03. The first-order valence-corrected chi connectivity index (χ1v) is 8.71. The normalized spacial score (nSPS) is 11.7. The quantitative estimate of drug-likeness (QED) is 0.779. The topological polar surface area (TPSA) is 80.9 Å². The van der Waals surface area contributed by atoms with E-state index in [-0.39, 0.29) is 5.91 Å². The lowest BCUT2D eigenvalue weighted by Gasteiger charge is -2.20. The van der Waals surface area contributed by atoms with Crippen molar-refractivity contribution >= 4 is 28.6 Å². The van der Waals surface area contributed by atoms with Crippen molar-refractivity contribution in [2.75, 3.05) is 0 Å². The number of thiazole rings is 1. The van der Waals surface area contributed by atoms with Crippen LogP contribution < -0.4 is 5.32 Å². The van der Waals surface area contributed by atoms with Crippen molar-refractivity contribution in [3.8, 4) is 20.7 Å². The highest BCUT2D eigenvalue weighted by Crippen LogP contribution is 2.36. The zero-order chi connectivity index (χ0) is 16.6. The monoisotopic (exact) mass is 348 g/mol. The Morgan fingerprint density at radius 1 is 1.35 bits per heavy atom. The highest BCUT2D eigenvalue weighted by molar-refractivity contribution is 7.22. The number of thiophene rings is 1. The molecule has 0 saturated carbocycles. The Morgan fingerprint density at radius 2 is 2.13 bits per heavy atom.